The Bertz CT molecular complexity index is 322. The van der Waals surface area contributed by atoms with Crippen LogP contribution >= 0.6 is 0 Å². The Balaban J connectivity index is 2.66. The topological polar surface area (TPSA) is 51.2 Å². The van der Waals surface area contributed by atoms with Crippen LogP contribution in [0, 0.1) is 6.92 Å². The zero-order valence-corrected chi connectivity index (χ0v) is 9.28. The molecule has 4 heteroatoms. The predicted octanol–water partition coefficient (Wildman–Crippen LogP) is 0.694. The summed E-state index contributed by atoms with van der Waals surface area (Å²) in [5.74, 6) is -0.264. The summed E-state index contributed by atoms with van der Waals surface area (Å²) >= 11 is 0. The zero-order valence-electron chi connectivity index (χ0n) is 9.28. The summed E-state index contributed by atoms with van der Waals surface area (Å²) in [4.78, 5) is 15.5. The van der Waals surface area contributed by atoms with Gasteiger partial charge in [0.15, 0.2) is 0 Å². The third-order valence-corrected chi connectivity index (χ3v) is 2.22. The minimum Gasteiger partial charge on any atom is -0.468 e. The summed E-state index contributed by atoms with van der Waals surface area (Å²) in [5.41, 5.74) is 1.99. The molecule has 0 aliphatic carbocycles. The van der Waals surface area contributed by atoms with Gasteiger partial charge >= 0.3 is 5.97 Å². The van der Waals surface area contributed by atoms with E-state index in [2.05, 4.69) is 15.0 Å². The molecule has 0 unspecified atom stereocenters. The Morgan fingerprint density at radius 2 is 2.33 bits per heavy atom. The number of ether oxygens (including phenoxy) is 1. The molecule has 0 bridgehead atoms. The number of hydrogen-bond acceptors (Lipinski definition) is 4. The number of methoxy groups -OCH3 is 1. The van der Waals surface area contributed by atoms with E-state index in [0.717, 1.165) is 11.3 Å². The van der Waals surface area contributed by atoms with Gasteiger partial charge in [-0.25, -0.2) is 0 Å². The zero-order chi connectivity index (χ0) is 11.3. The van der Waals surface area contributed by atoms with Crippen molar-refractivity contribution in [3.8, 4) is 0 Å². The number of nitrogens with zero attached hydrogens (tertiary/aromatic N) is 1. The number of carbonyl (C=O) groups is 1. The number of aromatic nitrogens is 1. The van der Waals surface area contributed by atoms with Crippen molar-refractivity contribution in [2.45, 2.75) is 19.4 Å². The molecular formula is C11H16N2O2. The smallest absolute Gasteiger partial charge is 0.323 e. The van der Waals surface area contributed by atoms with Crippen molar-refractivity contribution in [1.29, 1.82) is 0 Å². The Morgan fingerprint density at radius 1 is 1.60 bits per heavy atom. The molecule has 0 spiro atoms. The van der Waals surface area contributed by atoms with E-state index in [-0.39, 0.29) is 12.0 Å². The molecule has 1 rings (SSSR count). The van der Waals surface area contributed by atoms with Crippen LogP contribution in [0.5, 0.6) is 0 Å². The normalized spacial score (nSPS) is 12.2. The first-order chi connectivity index (χ1) is 7.17. The van der Waals surface area contributed by atoms with E-state index < -0.39 is 0 Å². The van der Waals surface area contributed by atoms with Crippen LogP contribution in [-0.4, -0.2) is 31.2 Å². The Labute approximate surface area is 89.7 Å². The number of nitrogens with one attached hydrogen (secondary N) is 1. The number of aryl methyl sites for hydroxylation is 1. The van der Waals surface area contributed by atoms with Crippen molar-refractivity contribution in [2.75, 3.05) is 14.2 Å². The van der Waals surface area contributed by atoms with Gasteiger partial charge in [-0.15, -0.1) is 0 Å². The molecule has 0 aliphatic rings. The van der Waals surface area contributed by atoms with Gasteiger partial charge in [-0.2, -0.15) is 0 Å². The lowest BCUT2D eigenvalue weighted by molar-refractivity contribution is -0.142. The summed E-state index contributed by atoms with van der Waals surface area (Å²) in [6, 6.07) is 3.57. The molecule has 4 nitrogen and oxygen atoms in total. The standard InChI is InChI=1S/C11H16N2O2/c1-8-4-5-9(13-7-8)6-10(12-2)11(14)15-3/h4-5,7,10,12H,6H2,1-3H3/t10-/m0/s1. The summed E-state index contributed by atoms with van der Waals surface area (Å²) in [6.07, 6.45) is 2.34. The second kappa shape index (κ2) is 5.46. The van der Waals surface area contributed by atoms with Gasteiger partial charge in [0.2, 0.25) is 0 Å². The molecule has 1 aromatic rings. The second-order valence-electron chi connectivity index (χ2n) is 3.40. The van der Waals surface area contributed by atoms with E-state index >= 15 is 0 Å². The van der Waals surface area contributed by atoms with Crippen molar-refractivity contribution < 1.29 is 9.53 Å². The van der Waals surface area contributed by atoms with Crippen LogP contribution in [-0.2, 0) is 16.0 Å². The third-order valence-electron chi connectivity index (χ3n) is 2.22. The number of pyridine rings is 1. The highest BCUT2D eigenvalue weighted by molar-refractivity contribution is 5.75. The lowest BCUT2D eigenvalue weighted by atomic mass is 10.1. The number of likely N-dealkylation sites (N-methyl/N-ethyl adjacent to an activating group) is 1. The van der Waals surface area contributed by atoms with Gasteiger partial charge in [0.25, 0.3) is 0 Å². The fraction of sp³-hybridized carbons (Fsp3) is 0.455. The molecule has 0 fully saturated rings. The van der Waals surface area contributed by atoms with Crippen molar-refractivity contribution >= 4 is 5.97 Å². The fourth-order valence-corrected chi connectivity index (χ4v) is 1.27. The highest BCUT2D eigenvalue weighted by Crippen LogP contribution is 2.03. The Kier molecular flexibility index (Phi) is 4.24. The maximum absolute atomic E-state index is 11.3. The van der Waals surface area contributed by atoms with E-state index in [0.29, 0.717) is 6.42 Å². The van der Waals surface area contributed by atoms with Gasteiger partial charge < -0.3 is 10.1 Å². The van der Waals surface area contributed by atoms with Crippen molar-refractivity contribution in [1.82, 2.24) is 10.3 Å². The number of carbonyl (C=O) groups excluding carboxylic acids is 1. The van der Waals surface area contributed by atoms with Crippen LogP contribution in [0.4, 0.5) is 0 Å². The van der Waals surface area contributed by atoms with E-state index in [9.17, 15) is 4.79 Å². The third kappa shape index (κ3) is 3.32. The SMILES string of the molecule is CN[C@@H](Cc1ccc(C)cn1)C(=O)OC. The lowest BCUT2D eigenvalue weighted by Gasteiger charge is -2.12. The number of rotatable bonds is 4. The highest BCUT2D eigenvalue weighted by Gasteiger charge is 2.17. The molecule has 0 amide bonds. The number of esters is 1. The van der Waals surface area contributed by atoms with Crippen LogP contribution < -0.4 is 5.32 Å². The van der Waals surface area contributed by atoms with Crippen LogP contribution in [0.3, 0.4) is 0 Å². The Hall–Kier alpha value is -1.42. The van der Waals surface area contributed by atoms with E-state index in [1.807, 2.05) is 19.1 Å². The first-order valence-electron chi connectivity index (χ1n) is 4.84. The van der Waals surface area contributed by atoms with Gasteiger partial charge in [0.1, 0.15) is 6.04 Å². The molecule has 0 saturated heterocycles. The molecule has 0 saturated carbocycles. The average Bonchev–Trinajstić information content (AvgIpc) is 2.27. The van der Waals surface area contributed by atoms with Crippen LogP contribution in [0.15, 0.2) is 18.3 Å². The maximum Gasteiger partial charge on any atom is 0.323 e. The van der Waals surface area contributed by atoms with Gasteiger partial charge in [0.05, 0.1) is 7.11 Å². The van der Waals surface area contributed by atoms with E-state index in [1.54, 1.807) is 13.2 Å². The van der Waals surface area contributed by atoms with Crippen molar-refractivity contribution in [2.24, 2.45) is 0 Å². The lowest BCUT2D eigenvalue weighted by Crippen LogP contribution is -2.37. The summed E-state index contributed by atoms with van der Waals surface area (Å²) in [6.45, 7) is 1.98. The first kappa shape index (κ1) is 11.7. The molecule has 15 heavy (non-hydrogen) atoms. The van der Waals surface area contributed by atoms with Crippen molar-refractivity contribution in [3.05, 3.63) is 29.6 Å². The average molecular weight is 208 g/mol. The minimum absolute atomic E-state index is 0.264. The minimum atomic E-state index is -0.329. The van der Waals surface area contributed by atoms with E-state index in [4.69, 9.17) is 0 Å². The summed E-state index contributed by atoms with van der Waals surface area (Å²) in [7, 11) is 3.12. The van der Waals surface area contributed by atoms with Gasteiger partial charge in [-0.1, -0.05) is 6.07 Å². The van der Waals surface area contributed by atoms with Crippen LogP contribution in [0.1, 0.15) is 11.3 Å². The van der Waals surface area contributed by atoms with Gasteiger partial charge in [-0.3, -0.25) is 9.78 Å². The van der Waals surface area contributed by atoms with Crippen LogP contribution in [0.25, 0.3) is 0 Å². The molecule has 1 aromatic heterocycles. The van der Waals surface area contributed by atoms with Gasteiger partial charge in [-0.05, 0) is 25.6 Å². The predicted molar refractivity (Wildman–Crippen MR) is 57.5 cm³/mol. The quantitative estimate of drug-likeness (QED) is 0.740. The summed E-state index contributed by atoms with van der Waals surface area (Å²) < 4.78 is 4.67. The molecule has 1 atom stereocenters. The van der Waals surface area contributed by atoms with Crippen molar-refractivity contribution in [3.63, 3.8) is 0 Å². The molecule has 0 aromatic carbocycles. The van der Waals surface area contributed by atoms with Gasteiger partial charge in [0, 0.05) is 18.3 Å². The monoisotopic (exact) mass is 208 g/mol. The van der Waals surface area contributed by atoms with E-state index in [1.165, 1.54) is 7.11 Å². The molecule has 1 heterocycles. The summed E-state index contributed by atoms with van der Waals surface area (Å²) in [5, 5.41) is 2.90. The molecule has 0 radical (unpaired) electrons. The maximum atomic E-state index is 11.3. The molecular weight excluding hydrogens is 192 g/mol. The fourth-order valence-electron chi connectivity index (χ4n) is 1.27. The molecule has 82 valence electrons. The second-order valence-corrected chi connectivity index (χ2v) is 3.40. The highest BCUT2D eigenvalue weighted by atomic mass is 16.5. The molecule has 1 N–H and O–H groups in total. The first-order valence-corrected chi connectivity index (χ1v) is 4.84. The molecule has 0 aliphatic heterocycles. The Morgan fingerprint density at radius 3 is 2.80 bits per heavy atom. The number of hydrogen-bond donors (Lipinski definition) is 1. The van der Waals surface area contributed by atoms with Crippen LogP contribution in [0.2, 0.25) is 0 Å². The largest absolute Gasteiger partial charge is 0.468 e.